The van der Waals surface area contributed by atoms with Gasteiger partial charge in [0.25, 0.3) is 5.91 Å². The average molecular weight is 393 g/mol. The van der Waals surface area contributed by atoms with Gasteiger partial charge in [0.05, 0.1) is 11.3 Å². The van der Waals surface area contributed by atoms with Crippen LogP contribution in [0.4, 0.5) is 5.69 Å². The minimum absolute atomic E-state index is 0.245. The second-order valence-electron chi connectivity index (χ2n) is 7.99. The number of aromatic nitrogens is 3. The first-order valence-electron chi connectivity index (χ1n) is 10.1. The highest BCUT2D eigenvalue weighted by Gasteiger charge is 2.18. The topological polar surface area (TPSA) is 76.2 Å². The van der Waals surface area contributed by atoms with E-state index in [9.17, 15) is 4.79 Å². The smallest absolute Gasteiger partial charge is 0.277 e. The van der Waals surface area contributed by atoms with Crippen molar-refractivity contribution >= 4 is 11.6 Å². The summed E-state index contributed by atoms with van der Waals surface area (Å²) in [5.74, 6) is 1.08. The summed E-state index contributed by atoms with van der Waals surface area (Å²) in [6, 6.07) is 9.66. The summed E-state index contributed by atoms with van der Waals surface area (Å²) in [6.45, 7) is 7.49. The largest absolute Gasteiger partial charge is 0.355 e. The molecule has 0 bridgehead atoms. The summed E-state index contributed by atoms with van der Waals surface area (Å²) < 4.78 is 7.05. The third-order valence-electron chi connectivity index (χ3n) is 5.52. The van der Waals surface area contributed by atoms with Crippen LogP contribution >= 0.6 is 0 Å². The van der Waals surface area contributed by atoms with E-state index in [4.69, 9.17) is 4.52 Å². The molecule has 0 atom stereocenters. The van der Waals surface area contributed by atoms with Gasteiger partial charge in [0.2, 0.25) is 0 Å². The molecule has 152 valence electrons. The lowest BCUT2D eigenvalue weighted by Crippen LogP contribution is -2.32. The molecule has 0 spiro atoms. The third-order valence-corrected chi connectivity index (χ3v) is 5.52. The predicted octanol–water partition coefficient (Wildman–Crippen LogP) is 3.87. The van der Waals surface area contributed by atoms with Crippen LogP contribution in [-0.4, -0.2) is 38.8 Å². The summed E-state index contributed by atoms with van der Waals surface area (Å²) in [5.41, 5.74) is 3.90. The van der Waals surface area contributed by atoms with E-state index in [1.54, 1.807) is 10.7 Å². The van der Waals surface area contributed by atoms with Crippen molar-refractivity contribution in [3.8, 4) is 11.3 Å². The van der Waals surface area contributed by atoms with Crippen LogP contribution in [0.3, 0.4) is 0 Å². The number of nitrogens with one attached hydrogen (secondary N) is 1. The summed E-state index contributed by atoms with van der Waals surface area (Å²) >= 11 is 0. The van der Waals surface area contributed by atoms with Crippen molar-refractivity contribution in [3.63, 3.8) is 0 Å². The normalized spacial score (nSPS) is 15.6. The quantitative estimate of drug-likeness (QED) is 0.712. The zero-order valence-electron chi connectivity index (χ0n) is 17.2. The van der Waals surface area contributed by atoms with Crippen molar-refractivity contribution in [2.45, 2.75) is 33.2 Å². The number of amides is 1. The molecule has 2 aromatic heterocycles. The van der Waals surface area contributed by atoms with Gasteiger partial charge in [-0.15, -0.1) is 0 Å². The van der Waals surface area contributed by atoms with Crippen molar-refractivity contribution in [2.24, 2.45) is 13.0 Å². The number of likely N-dealkylation sites (tertiary alicyclic amines) is 1. The van der Waals surface area contributed by atoms with Gasteiger partial charge < -0.3 is 9.84 Å². The van der Waals surface area contributed by atoms with Crippen molar-refractivity contribution in [2.75, 3.05) is 18.4 Å². The Labute approximate surface area is 170 Å². The van der Waals surface area contributed by atoms with Crippen molar-refractivity contribution < 1.29 is 9.32 Å². The van der Waals surface area contributed by atoms with Crippen molar-refractivity contribution in [1.29, 1.82) is 0 Å². The van der Waals surface area contributed by atoms with Gasteiger partial charge in [-0.1, -0.05) is 24.2 Å². The Balaban J connectivity index is 1.37. The molecule has 1 saturated heterocycles. The molecule has 3 heterocycles. The highest BCUT2D eigenvalue weighted by molar-refractivity contribution is 6.03. The number of carbonyl (C=O) groups is 1. The average Bonchev–Trinajstić information content (AvgIpc) is 3.31. The molecule has 0 aliphatic carbocycles. The molecule has 1 aliphatic heterocycles. The third kappa shape index (κ3) is 4.56. The fourth-order valence-corrected chi connectivity index (χ4v) is 3.72. The minimum atomic E-state index is -0.292. The van der Waals surface area contributed by atoms with Gasteiger partial charge in [-0.25, -0.2) is 0 Å². The second kappa shape index (κ2) is 8.21. The fourth-order valence-electron chi connectivity index (χ4n) is 3.72. The van der Waals surface area contributed by atoms with E-state index in [1.165, 1.54) is 18.4 Å². The Morgan fingerprint density at radius 1 is 1.24 bits per heavy atom. The summed E-state index contributed by atoms with van der Waals surface area (Å²) in [5, 5.41) is 11.1. The maximum atomic E-state index is 12.5. The van der Waals surface area contributed by atoms with Gasteiger partial charge in [-0.3, -0.25) is 14.4 Å². The lowest BCUT2D eigenvalue weighted by molar-refractivity contribution is 0.101. The van der Waals surface area contributed by atoms with Crippen molar-refractivity contribution in [3.05, 3.63) is 53.5 Å². The summed E-state index contributed by atoms with van der Waals surface area (Å²) in [4.78, 5) is 15.0. The predicted molar refractivity (Wildman–Crippen MR) is 112 cm³/mol. The van der Waals surface area contributed by atoms with Gasteiger partial charge >= 0.3 is 0 Å². The molecule has 0 saturated carbocycles. The molecule has 7 nitrogen and oxygen atoms in total. The first-order chi connectivity index (χ1) is 14.0. The van der Waals surface area contributed by atoms with E-state index in [0.717, 1.165) is 42.5 Å². The van der Waals surface area contributed by atoms with Crippen LogP contribution in [0.1, 0.15) is 41.5 Å². The summed E-state index contributed by atoms with van der Waals surface area (Å²) in [6.07, 6.45) is 4.39. The van der Waals surface area contributed by atoms with Gasteiger partial charge in [-0.2, -0.15) is 5.10 Å². The number of benzene rings is 1. The van der Waals surface area contributed by atoms with E-state index < -0.39 is 0 Å². The molecule has 4 rings (SSSR count). The molecule has 1 amide bonds. The van der Waals surface area contributed by atoms with Crippen molar-refractivity contribution in [1.82, 2.24) is 19.8 Å². The summed E-state index contributed by atoms with van der Waals surface area (Å²) in [7, 11) is 1.84. The van der Waals surface area contributed by atoms with Crippen LogP contribution in [0.2, 0.25) is 0 Å². The standard InChI is InChI=1S/C22H27N5O2/c1-15-8-10-27(11-9-15)13-17-4-6-18(7-5-17)23-22(28)20-12-21(29-25-20)19-14-26(3)24-16(19)2/h4-7,12,14-15H,8-11,13H2,1-3H3,(H,23,28). The van der Waals surface area contributed by atoms with E-state index in [-0.39, 0.29) is 11.6 Å². The Hall–Kier alpha value is -2.93. The number of anilines is 1. The molecule has 1 N–H and O–H groups in total. The van der Waals surface area contributed by atoms with Crippen LogP contribution in [0, 0.1) is 12.8 Å². The number of hydrogen-bond donors (Lipinski definition) is 1. The molecule has 3 aromatic rings. The number of aryl methyl sites for hydroxylation is 2. The van der Waals surface area contributed by atoms with Gasteiger partial charge in [0.15, 0.2) is 11.5 Å². The van der Waals surface area contributed by atoms with Crippen LogP contribution in [0.25, 0.3) is 11.3 Å². The van der Waals surface area contributed by atoms with E-state index in [2.05, 4.69) is 39.5 Å². The Morgan fingerprint density at radius 3 is 2.62 bits per heavy atom. The first-order valence-corrected chi connectivity index (χ1v) is 10.1. The van der Waals surface area contributed by atoms with Crippen LogP contribution < -0.4 is 5.32 Å². The molecule has 1 aliphatic rings. The molecule has 1 fully saturated rings. The zero-order chi connectivity index (χ0) is 20.4. The number of carbonyl (C=O) groups excluding carboxylic acids is 1. The zero-order valence-corrected chi connectivity index (χ0v) is 17.2. The maximum absolute atomic E-state index is 12.5. The number of nitrogens with zero attached hydrogens (tertiary/aromatic N) is 4. The van der Waals surface area contributed by atoms with E-state index in [0.29, 0.717) is 5.76 Å². The molecule has 0 radical (unpaired) electrons. The monoisotopic (exact) mass is 393 g/mol. The second-order valence-corrected chi connectivity index (χ2v) is 7.99. The highest BCUT2D eigenvalue weighted by Crippen LogP contribution is 2.24. The highest BCUT2D eigenvalue weighted by atomic mass is 16.5. The molecular formula is C22H27N5O2. The Bertz CT molecular complexity index is 981. The lowest BCUT2D eigenvalue weighted by atomic mass is 9.99. The number of rotatable bonds is 5. The fraction of sp³-hybridized carbons (Fsp3) is 0.409. The molecular weight excluding hydrogens is 366 g/mol. The molecule has 1 aromatic carbocycles. The lowest BCUT2D eigenvalue weighted by Gasteiger charge is -2.30. The Morgan fingerprint density at radius 2 is 1.97 bits per heavy atom. The van der Waals surface area contributed by atoms with Crippen LogP contribution in [0.5, 0.6) is 0 Å². The molecule has 29 heavy (non-hydrogen) atoms. The first kappa shape index (κ1) is 19.4. The van der Waals surface area contributed by atoms with Crippen LogP contribution in [-0.2, 0) is 13.6 Å². The van der Waals surface area contributed by atoms with Gasteiger partial charge in [0.1, 0.15) is 0 Å². The number of piperidine rings is 1. The van der Waals surface area contributed by atoms with E-state index in [1.807, 2.05) is 32.3 Å². The minimum Gasteiger partial charge on any atom is -0.355 e. The van der Waals surface area contributed by atoms with Gasteiger partial charge in [0, 0.05) is 31.5 Å². The Kier molecular flexibility index (Phi) is 5.49. The number of hydrogen-bond acceptors (Lipinski definition) is 5. The van der Waals surface area contributed by atoms with Crippen LogP contribution in [0.15, 0.2) is 41.1 Å². The SMILES string of the molecule is Cc1nn(C)cc1-c1cc(C(=O)Nc2ccc(CN3CCC(C)CC3)cc2)no1. The maximum Gasteiger partial charge on any atom is 0.277 e. The molecule has 7 heteroatoms. The van der Waals surface area contributed by atoms with E-state index >= 15 is 0 Å². The van der Waals surface area contributed by atoms with Gasteiger partial charge in [-0.05, 0) is 56.5 Å². The molecule has 0 unspecified atom stereocenters.